The molecule has 0 aliphatic carbocycles. The predicted octanol–water partition coefficient (Wildman–Crippen LogP) is 0.0254. The smallest absolute Gasteiger partial charge is 0.221 e. The monoisotopic (exact) mass is 276 g/mol. The molecule has 0 spiro atoms. The van der Waals surface area contributed by atoms with Gasteiger partial charge in [0.2, 0.25) is 5.96 Å². The molecule has 1 aliphatic heterocycles. The first-order valence-corrected chi connectivity index (χ1v) is 6.42. The molecule has 1 aromatic carbocycles. The SMILES string of the molecule is COc1cccc(N2CCN(C(=N)N=C(N)N)CC2)c1. The van der Waals surface area contributed by atoms with E-state index in [1.807, 2.05) is 23.1 Å². The maximum atomic E-state index is 7.79. The molecule has 20 heavy (non-hydrogen) atoms. The van der Waals surface area contributed by atoms with Gasteiger partial charge in [0.15, 0.2) is 5.96 Å². The number of methoxy groups -OCH3 is 1. The molecule has 0 bridgehead atoms. The third kappa shape index (κ3) is 3.31. The predicted molar refractivity (Wildman–Crippen MR) is 80.3 cm³/mol. The van der Waals surface area contributed by atoms with E-state index in [0.717, 1.165) is 24.5 Å². The molecule has 2 rings (SSSR count). The van der Waals surface area contributed by atoms with Gasteiger partial charge in [-0.2, -0.15) is 4.99 Å². The van der Waals surface area contributed by atoms with Crippen molar-refractivity contribution in [1.82, 2.24) is 4.90 Å². The van der Waals surface area contributed by atoms with Crippen LogP contribution in [-0.2, 0) is 0 Å². The highest BCUT2D eigenvalue weighted by Gasteiger charge is 2.19. The zero-order chi connectivity index (χ0) is 14.5. The van der Waals surface area contributed by atoms with Crippen molar-refractivity contribution in [2.45, 2.75) is 0 Å². The second-order valence-corrected chi connectivity index (χ2v) is 4.54. The summed E-state index contributed by atoms with van der Waals surface area (Å²) in [5, 5.41) is 7.79. The van der Waals surface area contributed by atoms with Crippen molar-refractivity contribution in [1.29, 1.82) is 5.41 Å². The van der Waals surface area contributed by atoms with Crippen LogP contribution in [0, 0.1) is 5.41 Å². The number of rotatable bonds is 2. The lowest BCUT2D eigenvalue weighted by molar-refractivity contribution is 0.379. The molecule has 1 aromatic rings. The van der Waals surface area contributed by atoms with Crippen LogP contribution in [0.25, 0.3) is 0 Å². The Labute approximate surface area is 118 Å². The molecule has 0 radical (unpaired) electrons. The molecule has 0 amide bonds. The van der Waals surface area contributed by atoms with Crippen LogP contribution < -0.4 is 21.1 Å². The summed E-state index contributed by atoms with van der Waals surface area (Å²) in [6.45, 7) is 3.06. The maximum absolute atomic E-state index is 7.79. The van der Waals surface area contributed by atoms with E-state index in [1.165, 1.54) is 0 Å². The Morgan fingerprint density at radius 1 is 1.25 bits per heavy atom. The highest BCUT2D eigenvalue weighted by Crippen LogP contribution is 2.22. The van der Waals surface area contributed by atoms with Gasteiger partial charge in [0.05, 0.1) is 7.11 Å². The van der Waals surface area contributed by atoms with Crippen molar-refractivity contribution < 1.29 is 4.74 Å². The number of ether oxygens (including phenoxy) is 1. The zero-order valence-electron chi connectivity index (χ0n) is 11.5. The number of nitrogens with one attached hydrogen (secondary N) is 1. The first-order valence-electron chi connectivity index (χ1n) is 6.42. The van der Waals surface area contributed by atoms with Gasteiger partial charge in [-0.25, -0.2) is 0 Å². The van der Waals surface area contributed by atoms with Crippen LogP contribution in [-0.4, -0.2) is 50.1 Å². The minimum atomic E-state index is -0.0785. The normalized spacial score (nSPS) is 14.8. The quantitative estimate of drug-likeness (QED) is 0.522. The van der Waals surface area contributed by atoms with Gasteiger partial charge in [-0.3, -0.25) is 5.41 Å². The summed E-state index contributed by atoms with van der Waals surface area (Å²) >= 11 is 0. The fraction of sp³-hybridized carbons (Fsp3) is 0.385. The minimum Gasteiger partial charge on any atom is -0.497 e. The van der Waals surface area contributed by atoms with Crippen LogP contribution in [0.1, 0.15) is 0 Å². The van der Waals surface area contributed by atoms with E-state index in [9.17, 15) is 0 Å². The van der Waals surface area contributed by atoms with Gasteiger partial charge in [-0.05, 0) is 12.1 Å². The van der Waals surface area contributed by atoms with E-state index in [4.69, 9.17) is 21.6 Å². The number of benzene rings is 1. The van der Waals surface area contributed by atoms with E-state index >= 15 is 0 Å². The number of piperazine rings is 1. The second-order valence-electron chi connectivity index (χ2n) is 4.54. The molecule has 0 unspecified atom stereocenters. The molecule has 1 heterocycles. The van der Waals surface area contributed by atoms with Crippen LogP contribution in [0.15, 0.2) is 29.3 Å². The molecule has 0 saturated carbocycles. The van der Waals surface area contributed by atoms with Crippen LogP contribution >= 0.6 is 0 Å². The van der Waals surface area contributed by atoms with E-state index in [1.54, 1.807) is 7.11 Å². The number of aliphatic imine (C=N–C) groups is 1. The van der Waals surface area contributed by atoms with Crippen molar-refractivity contribution in [2.75, 3.05) is 38.2 Å². The molecule has 5 N–H and O–H groups in total. The molecule has 7 heteroatoms. The Bertz CT molecular complexity index is 503. The van der Waals surface area contributed by atoms with Crippen LogP contribution in [0.5, 0.6) is 5.75 Å². The summed E-state index contributed by atoms with van der Waals surface area (Å²) in [5.41, 5.74) is 11.7. The third-order valence-electron chi connectivity index (χ3n) is 3.23. The largest absolute Gasteiger partial charge is 0.497 e. The molecule has 7 nitrogen and oxygen atoms in total. The van der Waals surface area contributed by atoms with Crippen LogP contribution in [0.4, 0.5) is 5.69 Å². The summed E-state index contributed by atoms with van der Waals surface area (Å²) in [5.74, 6) is 0.888. The Hall–Kier alpha value is -2.44. The lowest BCUT2D eigenvalue weighted by Crippen LogP contribution is -2.48. The van der Waals surface area contributed by atoms with Crippen molar-refractivity contribution in [2.24, 2.45) is 16.5 Å². The highest BCUT2D eigenvalue weighted by molar-refractivity contribution is 5.91. The Kier molecular flexibility index (Phi) is 4.29. The van der Waals surface area contributed by atoms with E-state index in [2.05, 4.69) is 16.0 Å². The lowest BCUT2D eigenvalue weighted by atomic mass is 10.2. The molecule has 0 atom stereocenters. The van der Waals surface area contributed by atoms with Crippen molar-refractivity contribution >= 4 is 17.6 Å². The summed E-state index contributed by atoms with van der Waals surface area (Å²) < 4.78 is 5.23. The lowest BCUT2D eigenvalue weighted by Gasteiger charge is -2.36. The fourth-order valence-electron chi connectivity index (χ4n) is 2.18. The second kappa shape index (κ2) is 6.14. The van der Waals surface area contributed by atoms with Gasteiger partial charge in [0.1, 0.15) is 5.75 Å². The van der Waals surface area contributed by atoms with Crippen molar-refractivity contribution in [3.63, 3.8) is 0 Å². The topological polar surface area (TPSA) is 104 Å². The number of nitrogens with two attached hydrogens (primary N) is 2. The van der Waals surface area contributed by atoms with Gasteiger partial charge in [0, 0.05) is 37.9 Å². The van der Waals surface area contributed by atoms with Gasteiger partial charge in [0.25, 0.3) is 0 Å². The van der Waals surface area contributed by atoms with Crippen molar-refractivity contribution in [3.8, 4) is 5.75 Å². The van der Waals surface area contributed by atoms with E-state index in [-0.39, 0.29) is 11.9 Å². The van der Waals surface area contributed by atoms with Crippen molar-refractivity contribution in [3.05, 3.63) is 24.3 Å². The van der Waals surface area contributed by atoms with Crippen LogP contribution in [0.2, 0.25) is 0 Å². The number of hydrogen-bond acceptors (Lipinski definition) is 3. The molecule has 0 aromatic heterocycles. The van der Waals surface area contributed by atoms with E-state index in [0.29, 0.717) is 13.1 Å². The first-order chi connectivity index (χ1) is 9.60. The standard InChI is InChI=1S/C13H20N6O/c1-20-11-4-2-3-10(9-11)18-5-7-19(8-6-18)13(16)17-12(14)15/h2-4,9H,5-8H2,1H3,(H5,14,15,16,17). The summed E-state index contributed by atoms with van der Waals surface area (Å²) in [6, 6.07) is 7.96. The number of guanidine groups is 2. The average molecular weight is 276 g/mol. The number of anilines is 1. The molecule has 1 saturated heterocycles. The van der Waals surface area contributed by atoms with Gasteiger partial charge in [-0.15, -0.1) is 0 Å². The highest BCUT2D eigenvalue weighted by atomic mass is 16.5. The molecular weight excluding hydrogens is 256 g/mol. The average Bonchev–Trinajstić information content (AvgIpc) is 2.47. The zero-order valence-corrected chi connectivity index (χ0v) is 11.5. The molecule has 1 aliphatic rings. The van der Waals surface area contributed by atoms with Gasteiger partial charge in [-0.1, -0.05) is 6.07 Å². The summed E-state index contributed by atoms with van der Waals surface area (Å²) in [6.07, 6.45) is 0. The molecule has 1 fully saturated rings. The third-order valence-corrected chi connectivity index (χ3v) is 3.23. The Balaban J connectivity index is 1.97. The minimum absolute atomic E-state index is 0.0785. The number of nitrogens with zero attached hydrogens (tertiary/aromatic N) is 3. The number of hydrogen-bond donors (Lipinski definition) is 3. The maximum Gasteiger partial charge on any atom is 0.221 e. The Morgan fingerprint density at radius 3 is 2.55 bits per heavy atom. The molecule has 108 valence electrons. The van der Waals surface area contributed by atoms with Crippen LogP contribution in [0.3, 0.4) is 0 Å². The first kappa shape index (κ1) is 14.0. The van der Waals surface area contributed by atoms with Gasteiger partial charge < -0.3 is 26.0 Å². The van der Waals surface area contributed by atoms with E-state index < -0.39 is 0 Å². The summed E-state index contributed by atoms with van der Waals surface area (Å²) in [7, 11) is 1.66. The Morgan fingerprint density at radius 2 is 1.95 bits per heavy atom. The summed E-state index contributed by atoms with van der Waals surface area (Å²) in [4.78, 5) is 7.88. The fourth-order valence-corrected chi connectivity index (χ4v) is 2.18. The molecular formula is C13H20N6O. The van der Waals surface area contributed by atoms with Gasteiger partial charge >= 0.3 is 0 Å².